The van der Waals surface area contributed by atoms with Gasteiger partial charge in [0.25, 0.3) is 0 Å². The Morgan fingerprint density at radius 2 is 1.93 bits per heavy atom. The van der Waals surface area contributed by atoms with E-state index in [1.807, 2.05) is 0 Å². The lowest BCUT2D eigenvalue weighted by atomic mass is 9.91. The Morgan fingerprint density at radius 1 is 1.25 bits per heavy atom. The van der Waals surface area contributed by atoms with Crippen molar-refractivity contribution in [1.29, 1.82) is 0 Å². The number of halogens is 5. The van der Waals surface area contributed by atoms with Gasteiger partial charge in [-0.25, -0.2) is 8.78 Å². The van der Waals surface area contributed by atoms with Gasteiger partial charge in [0.05, 0.1) is 5.69 Å². The van der Waals surface area contributed by atoms with Crippen LogP contribution in [0.5, 0.6) is 0 Å². The van der Waals surface area contributed by atoms with E-state index in [9.17, 15) is 31.5 Å². The van der Waals surface area contributed by atoms with Crippen LogP contribution in [0.1, 0.15) is 17.3 Å². The van der Waals surface area contributed by atoms with Crippen molar-refractivity contribution >= 4 is 17.5 Å². The summed E-state index contributed by atoms with van der Waals surface area (Å²) in [6.45, 7) is -0.0284. The smallest absolute Gasteiger partial charge is 0.344 e. The zero-order valence-corrected chi connectivity index (χ0v) is 14.7. The first kappa shape index (κ1) is 19.8. The molecule has 3 rings (SSSR count). The molecule has 2 atom stereocenters. The molecule has 0 unspecified atom stereocenters. The molecule has 1 fully saturated rings. The minimum atomic E-state index is -4.69. The number of hydrogen-bond donors (Lipinski definition) is 1. The van der Waals surface area contributed by atoms with Crippen molar-refractivity contribution < 1.29 is 31.5 Å². The van der Waals surface area contributed by atoms with Crippen molar-refractivity contribution in [2.24, 2.45) is 13.0 Å². The van der Waals surface area contributed by atoms with Gasteiger partial charge in [-0.2, -0.15) is 18.3 Å². The van der Waals surface area contributed by atoms with Gasteiger partial charge in [0.2, 0.25) is 11.8 Å². The van der Waals surface area contributed by atoms with E-state index in [0.717, 1.165) is 22.9 Å². The summed E-state index contributed by atoms with van der Waals surface area (Å²) in [5.41, 5.74) is -1.58. The van der Waals surface area contributed by atoms with E-state index in [1.165, 1.54) is 25.1 Å². The zero-order valence-electron chi connectivity index (χ0n) is 14.7. The molecule has 2 amide bonds. The summed E-state index contributed by atoms with van der Waals surface area (Å²) in [6, 6.07) is 3.92. The third kappa shape index (κ3) is 3.43. The van der Waals surface area contributed by atoms with Crippen LogP contribution in [0.2, 0.25) is 0 Å². The number of aryl methyl sites for hydroxylation is 1. The summed E-state index contributed by atoms with van der Waals surface area (Å²) < 4.78 is 66.9. The maximum atomic E-state index is 13.8. The molecular formula is C17H15F5N4O2. The molecule has 6 nitrogen and oxygen atoms in total. The quantitative estimate of drug-likeness (QED) is 0.634. The summed E-state index contributed by atoms with van der Waals surface area (Å²) >= 11 is 0. The number of likely N-dealkylation sites (tertiary alicyclic amines) is 1. The predicted octanol–water partition coefficient (Wildman–Crippen LogP) is 2.53. The van der Waals surface area contributed by atoms with Gasteiger partial charge >= 0.3 is 6.18 Å². The third-order valence-electron chi connectivity index (χ3n) is 4.59. The Morgan fingerprint density at radius 3 is 2.54 bits per heavy atom. The number of alkyl halides is 3. The maximum Gasteiger partial charge on any atom is 0.435 e. The van der Waals surface area contributed by atoms with Crippen LogP contribution >= 0.6 is 0 Å². The molecule has 0 radical (unpaired) electrons. The molecule has 150 valence electrons. The Hall–Kier alpha value is -2.98. The van der Waals surface area contributed by atoms with Crippen molar-refractivity contribution in [3.05, 3.63) is 47.3 Å². The first-order valence-electron chi connectivity index (χ1n) is 8.11. The average Bonchev–Trinajstić information content (AvgIpc) is 3.12. The van der Waals surface area contributed by atoms with E-state index in [1.54, 1.807) is 0 Å². The van der Waals surface area contributed by atoms with Crippen LogP contribution in [-0.2, 0) is 22.8 Å². The normalized spacial score (nSPS) is 20.0. The van der Waals surface area contributed by atoms with Gasteiger partial charge in [-0.3, -0.25) is 14.3 Å². The lowest BCUT2D eigenvalue weighted by Gasteiger charge is -2.17. The molecule has 1 N–H and O–H groups in total. The molecular weight excluding hydrogens is 387 g/mol. The van der Waals surface area contributed by atoms with E-state index in [4.69, 9.17) is 0 Å². The van der Waals surface area contributed by atoms with Crippen LogP contribution in [0.15, 0.2) is 24.3 Å². The molecule has 2 heterocycles. The second-order valence-corrected chi connectivity index (χ2v) is 6.47. The van der Waals surface area contributed by atoms with Crippen LogP contribution in [0, 0.1) is 17.6 Å². The number of hydrogen-bond acceptors (Lipinski definition) is 3. The summed E-state index contributed by atoms with van der Waals surface area (Å²) in [5.74, 6) is -6.43. The number of anilines is 1. The highest BCUT2D eigenvalue weighted by Crippen LogP contribution is 2.37. The number of carbonyl (C=O) groups is 2. The minimum Gasteiger partial charge on any atom is -0.344 e. The zero-order chi connectivity index (χ0) is 20.8. The fraction of sp³-hybridized carbons (Fsp3) is 0.353. The summed E-state index contributed by atoms with van der Waals surface area (Å²) in [7, 11) is 2.67. The lowest BCUT2D eigenvalue weighted by molar-refractivity contribution is -0.141. The minimum absolute atomic E-state index is 0.0284. The van der Waals surface area contributed by atoms with Crippen LogP contribution in [0.3, 0.4) is 0 Å². The molecule has 1 aliphatic rings. The molecule has 1 saturated heterocycles. The predicted molar refractivity (Wildman–Crippen MR) is 87.1 cm³/mol. The number of likely N-dealkylation sites (N-methyl/N-ethyl adjacent to an activating group) is 1. The summed E-state index contributed by atoms with van der Waals surface area (Å²) in [5, 5.41) is 5.55. The summed E-state index contributed by atoms with van der Waals surface area (Å²) in [4.78, 5) is 26.3. The average molecular weight is 402 g/mol. The molecule has 0 aliphatic carbocycles. The van der Waals surface area contributed by atoms with Gasteiger partial charge in [-0.15, -0.1) is 0 Å². The fourth-order valence-electron chi connectivity index (χ4n) is 3.24. The molecule has 0 spiro atoms. The van der Waals surface area contributed by atoms with E-state index < -0.39 is 52.8 Å². The van der Waals surface area contributed by atoms with E-state index in [2.05, 4.69) is 10.4 Å². The molecule has 2 aromatic rings. The van der Waals surface area contributed by atoms with Gasteiger partial charge in [0.1, 0.15) is 5.92 Å². The Bertz CT molecular complexity index is 940. The SMILES string of the molecule is CN1C[C@H](c2cc(C(F)(F)F)nn2C)[C@@H](C(=O)Nc2cccc(F)c2F)C1=O. The number of aromatic nitrogens is 2. The summed E-state index contributed by atoms with van der Waals surface area (Å²) in [6.07, 6.45) is -4.69. The molecule has 0 bridgehead atoms. The van der Waals surface area contributed by atoms with E-state index >= 15 is 0 Å². The number of carbonyl (C=O) groups excluding carboxylic acids is 2. The number of rotatable bonds is 3. The van der Waals surface area contributed by atoms with E-state index in [0.29, 0.717) is 0 Å². The van der Waals surface area contributed by atoms with Crippen LogP contribution < -0.4 is 5.32 Å². The van der Waals surface area contributed by atoms with Crippen molar-refractivity contribution in [3.8, 4) is 0 Å². The number of nitrogens with one attached hydrogen (secondary N) is 1. The topological polar surface area (TPSA) is 67.2 Å². The van der Waals surface area contributed by atoms with Crippen molar-refractivity contribution in [2.45, 2.75) is 12.1 Å². The largest absolute Gasteiger partial charge is 0.435 e. The molecule has 11 heteroatoms. The monoisotopic (exact) mass is 402 g/mol. The number of benzene rings is 1. The maximum absolute atomic E-state index is 13.8. The fourth-order valence-corrected chi connectivity index (χ4v) is 3.24. The van der Waals surface area contributed by atoms with Crippen molar-refractivity contribution in [2.75, 3.05) is 18.9 Å². The first-order valence-corrected chi connectivity index (χ1v) is 8.11. The second-order valence-electron chi connectivity index (χ2n) is 6.47. The third-order valence-corrected chi connectivity index (χ3v) is 4.59. The second kappa shape index (κ2) is 6.88. The van der Waals surface area contributed by atoms with Gasteiger partial charge in [0, 0.05) is 32.3 Å². The Labute approximate surface area is 155 Å². The Balaban J connectivity index is 1.94. The van der Waals surface area contributed by atoms with Crippen LogP contribution in [0.25, 0.3) is 0 Å². The standard InChI is InChI=1S/C17H15F5N4O2/c1-25-7-8(11-6-12(17(20,21)22)24-26(11)2)13(16(25)28)15(27)23-10-5-3-4-9(18)14(10)19/h3-6,8,13H,7H2,1-2H3,(H,23,27)/t8-,13+/m1/s1. The molecule has 1 aromatic carbocycles. The Kier molecular flexibility index (Phi) is 4.86. The molecule has 28 heavy (non-hydrogen) atoms. The number of amides is 2. The van der Waals surface area contributed by atoms with Gasteiger partial charge in [0.15, 0.2) is 17.3 Å². The van der Waals surface area contributed by atoms with Gasteiger partial charge in [-0.1, -0.05) is 6.07 Å². The highest BCUT2D eigenvalue weighted by molar-refractivity contribution is 6.08. The highest BCUT2D eigenvalue weighted by atomic mass is 19.4. The van der Waals surface area contributed by atoms with Crippen LogP contribution in [0.4, 0.5) is 27.6 Å². The number of nitrogens with zero attached hydrogens (tertiary/aromatic N) is 3. The van der Waals surface area contributed by atoms with Crippen molar-refractivity contribution in [3.63, 3.8) is 0 Å². The molecule has 0 saturated carbocycles. The van der Waals surface area contributed by atoms with Gasteiger partial charge < -0.3 is 10.2 Å². The van der Waals surface area contributed by atoms with Crippen molar-refractivity contribution in [1.82, 2.24) is 14.7 Å². The molecule has 1 aromatic heterocycles. The van der Waals surface area contributed by atoms with Gasteiger partial charge in [-0.05, 0) is 18.2 Å². The first-order chi connectivity index (χ1) is 13.0. The van der Waals surface area contributed by atoms with Crippen LogP contribution in [-0.4, -0.2) is 40.1 Å². The van der Waals surface area contributed by atoms with E-state index in [-0.39, 0.29) is 12.2 Å². The lowest BCUT2D eigenvalue weighted by Crippen LogP contribution is -2.33. The molecule has 1 aliphatic heterocycles. The highest BCUT2D eigenvalue weighted by Gasteiger charge is 2.47.